The average Bonchev–Trinajstić information content (AvgIpc) is 2.01. The van der Waals surface area contributed by atoms with E-state index in [1.54, 1.807) is 0 Å². The van der Waals surface area contributed by atoms with Crippen LogP contribution in [0.4, 0.5) is 0 Å². The summed E-state index contributed by atoms with van der Waals surface area (Å²) in [6.07, 6.45) is 2.79. The minimum atomic E-state index is -1.11. The summed E-state index contributed by atoms with van der Waals surface area (Å²) in [5.74, 6) is 3.64. The summed E-state index contributed by atoms with van der Waals surface area (Å²) < 4.78 is 0. The van der Waals surface area contributed by atoms with Crippen molar-refractivity contribution in [3.05, 3.63) is 0 Å². The fourth-order valence-electron chi connectivity index (χ4n) is 1.43. The highest BCUT2D eigenvalue weighted by Gasteiger charge is 2.35. The van der Waals surface area contributed by atoms with Gasteiger partial charge in [0.05, 0.1) is 0 Å². The van der Waals surface area contributed by atoms with Gasteiger partial charge in [-0.15, -0.1) is 0 Å². The first-order valence-corrected chi connectivity index (χ1v) is 4.55. The van der Waals surface area contributed by atoms with Crippen LogP contribution in [-0.4, -0.2) is 23.5 Å². The standard InChI is InChI=1S/C10H13NO3/c1-8(12)11-7-10(4-2-5-10)6-3-9(13)14/h2,4-5,7H2,1H3,(H,11,12)(H,13,14). The Hall–Kier alpha value is -1.50. The van der Waals surface area contributed by atoms with Crippen LogP contribution in [0.1, 0.15) is 26.2 Å². The number of rotatable bonds is 2. The summed E-state index contributed by atoms with van der Waals surface area (Å²) in [5.41, 5.74) is -0.288. The second-order valence-corrected chi connectivity index (χ2v) is 3.60. The van der Waals surface area contributed by atoms with Crippen LogP contribution < -0.4 is 5.32 Å². The number of carboxylic acid groups (broad SMARTS) is 1. The van der Waals surface area contributed by atoms with E-state index >= 15 is 0 Å². The number of hydrogen-bond donors (Lipinski definition) is 2. The molecule has 0 aromatic heterocycles. The molecule has 1 amide bonds. The lowest BCUT2D eigenvalue weighted by molar-refractivity contribution is -0.130. The Morgan fingerprint density at radius 3 is 2.50 bits per heavy atom. The average molecular weight is 195 g/mol. The summed E-state index contributed by atoms with van der Waals surface area (Å²) in [5, 5.41) is 11.1. The molecule has 0 saturated heterocycles. The van der Waals surface area contributed by atoms with Gasteiger partial charge in [0, 0.05) is 24.8 Å². The van der Waals surface area contributed by atoms with Crippen LogP contribution in [0.2, 0.25) is 0 Å². The van der Waals surface area contributed by atoms with Gasteiger partial charge in [-0.05, 0) is 12.8 Å². The van der Waals surface area contributed by atoms with Gasteiger partial charge in [0.15, 0.2) is 0 Å². The highest BCUT2D eigenvalue weighted by atomic mass is 16.4. The Morgan fingerprint density at radius 2 is 2.14 bits per heavy atom. The molecule has 1 saturated carbocycles. The Balaban J connectivity index is 2.55. The van der Waals surface area contributed by atoms with Crippen LogP contribution in [0.3, 0.4) is 0 Å². The summed E-state index contributed by atoms with van der Waals surface area (Å²) in [6, 6.07) is 0. The van der Waals surface area contributed by atoms with Crippen molar-refractivity contribution in [1.29, 1.82) is 0 Å². The zero-order valence-electron chi connectivity index (χ0n) is 8.09. The lowest BCUT2D eigenvalue weighted by atomic mass is 9.69. The van der Waals surface area contributed by atoms with Crippen LogP contribution in [-0.2, 0) is 9.59 Å². The second-order valence-electron chi connectivity index (χ2n) is 3.60. The molecule has 0 aromatic carbocycles. The number of aliphatic carboxylic acids is 1. The van der Waals surface area contributed by atoms with E-state index in [4.69, 9.17) is 5.11 Å². The quantitative estimate of drug-likeness (QED) is 0.626. The van der Waals surface area contributed by atoms with Gasteiger partial charge >= 0.3 is 5.97 Å². The summed E-state index contributed by atoms with van der Waals surface area (Å²) >= 11 is 0. The zero-order chi connectivity index (χ0) is 10.6. The lowest BCUT2D eigenvalue weighted by Crippen LogP contribution is -2.40. The van der Waals surface area contributed by atoms with E-state index in [1.807, 2.05) is 0 Å². The molecule has 1 rings (SSSR count). The molecule has 14 heavy (non-hydrogen) atoms. The molecule has 2 N–H and O–H groups in total. The van der Waals surface area contributed by atoms with Gasteiger partial charge in [-0.2, -0.15) is 0 Å². The fraction of sp³-hybridized carbons (Fsp3) is 0.600. The Morgan fingerprint density at radius 1 is 1.50 bits per heavy atom. The molecule has 4 heteroatoms. The highest BCUT2D eigenvalue weighted by Crippen LogP contribution is 2.39. The maximum Gasteiger partial charge on any atom is 0.381 e. The molecule has 76 valence electrons. The van der Waals surface area contributed by atoms with Gasteiger partial charge in [-0.1, -0.05) is 12.3 Å². The van der Waals surface area contributed by atoms with Gasteiger partial charge in [-0.3, -0.25) is 4.79 Å². The molecule has 0 atom stereocenters. The van der Waals surface area contributed by atoms with Crippen molar-refractivity contribution in [3.8, 4) is 11.8 Å². The highest BCUT2D eigenvalue weighted by molar-refractivity contribution is 5.86. The van der Waals surface area contributed by atoms with Crippen molar-refractivity contribution in [2.75, 3.05) is 6.54 Å². The normalized spacial score (nSPS) is 17.2. The van der Waals surface area contributed by atoms with E-state index in [0.29, 0.717) is 6.54 Å². The van der Waals surface area contributed by atoms with Crippen molar-refractivity contribution < 1.29 is 14.7 Å². The maximum atomic E-state index is 10.7. The molecule has 0 radical (unpaired) electrons. The molecule has 1 aliphatic carbocycles. The van der Waals surface area contributed by atoms with E-state index in [1.165, 1.54) is 6.92 Å². The van der Waals surface area contributed by atoms with E-state index < -0.39 is 5.97 Å². The smallest absolute Gasteiger partial charge is 0.381 e. The second kappa shape index (κ2) is 4.14. The zero-order valence-corrected chi connectivity index (χ0v) is 8.09. The van der Waals surface area contributed by atoms with Crippen molar-refractivity contribution in [2.24, 2.45) is 5.41 Å². The van der Waals surface area contributed by atoms with E-state index in [0.717, 1.165) is 19.3 Å². The Labute approximate surface area is 82.7 Å². The van der Waals surface area contributed by atoms with Crippen LogP contribution in [0.25, 0.3) is 0 Å². The van der Waals surface area contributed by atoms with Crippen molar-refractivity contribution in [1.82, 2.24) is 5.32 Å². The molecule has 0 heterocycles. The molecule has 0 aromatic rings. The number of carbonyl (C=O) groups excluding carboxylic acids is 1. The van der Waals surface area contributed by atoms with Crippen LogP contribution in [0.5, 0.6) is 0 Å². The first-order chi connectivity index (χ1) is 6.54. The lowest BCUT2D eigenvalue weighted by Gasteiger charge is -2.36. The number of carbonyl (C=O) groups is 2. The van der Waals surface area contributed by atoms with E-state index in [2.05, 4.69) is 17.2 Å². The predicted molar refractivity (Wildman–Crippen MR) is 50.4 cm³/mol. The molecular formula is C10H13NO3. The minimum absolute atomic E-state index is 0.103. The summed E-state index contributed by atoms with van der Waals surface area (Å²) in [7, 11) is 0. The van der Waals surface area contributed by atoms with E-state index in [-0.39, 0.29) is 11.3 Å². The fourth-order valence-corrected chi connectivity index (χ4v) is 1.43. The van der Waals surface area contributed by atoms with Gasteiger partial charge in [0.25, 0.3) is 0 Å². The molecule has 1 aliphatic rings. The van der Waals surface area contributed by atoms with Gasteiger partial charge in [0.1, 0.15) is 0 Å². The third-order valence-corrected chi connectivity index (χ3v) is 2.42. The molecular weight excluding hydrogens is 182 g/mol. The van der Waals surface area contributed by atoms with Crippen molar-refractivity contribution >= 4 is 11.9 Å². The van der Waals surface area contributed by atoms with Gasteiger partial charge in [-0.25, -0.2) is 4.79 Å². The number of amides is 1. The molecule has 0 unspecified atom stereocenters. The molecule has 1 fully saturated rings. The Bertz CT molecular complexity index is 307. The van der Waals surface area contributed by atoms with E-state index in [9.17, 15) is 9.59 Å². The number of nitrogens with one attached hydrogen (secondary N) is 1. The monoisotopic (exact) mass is 195 g/mol. The molecule has 0 bridgehead atoms. The third kappa shape index (κ3) is 2.77. The maximum absolute atomic E-state index is 10.7. The summed E-state index contributed by atoms with van der Waals surface area (Å²) in [4.78, 5) is 21.0. The first-order valence-electron chi connectivity index (χ1n) is 4.55. The largest absolute Gasteiger partial charge is 0.472 e. The van der Waals surface area contributed by atoms with Crippen molar-refractivity contribution in [2.45, 2.75) is 26.2 Å². The number of hydrogen-bond acceptors (Lipinski definition) is 2. The molecule has 0 aliphatic heterocycles. The third-order valence-electron chi connectivity index (χ3n) is 2.42. The van der Waals surface area contributed by atoms with Crippen molar-refractivity contribution in [3.63, 3.8) is 0 Å². The number of carboxylic acids is 1. The SMILES string of the molecule is CC(=O)NCC1(C#CC(=O)O)CCC1. The Kier molecular flexibility index (Phi) is 3.13. The first kappa shape index (κ1) is 10.6. The van der Waals surface area contributed by atoms with Crippen LogP contribution in [0, 0.1) is 17.3 Å². The van der Waals surface area contributed by atoms with Crippen LogP contribution >= 0.6 is 0 Å². The minimum Gasteiger partial charge on any atom is -0.472 e. The topological polar surface area (TPSA) is 66.4 Å². The molecule has 0 spiro atoms. The van der Waals surface area contributed by atoms with Gasteiger partial charge in [0.2, 0.25) is 5.91 Å². The summed E-state index contributed by atoms with van der Waals surface area (Å²) in [6.45, 7) is 1.90. The van der Waals surface area contributed by atoms with Crippen LogP contribution in [0.15, 0.2) is 0 Å². The van der Waals surface area contributed by atoms with Gasteiger partial charge < -0.3 is 10.4 Å². The molecule has 4 nitrogen and oxygen atoms in total. The predicted octanol–water partition coefficient (Wildman–Crippen LogP) is 0.381.